The third-order valence-electron chi connectivity index (χ3n) is 24.2. The zero-order valence-corrected chi connectivity index (χ0v) is 78.4. The molecule has 3 fully saturated rings. The predicted octanol–water partition coefficient (Wildman–Crippen LogP) is 9.28. The average molecular weight is 1830 g/mol. The molecule has 15 bridgehead atoms. The van der Waals surface area contributed by atoms with Gasteiger partial charge in [-0.05, 0) is 178 Å². The Kier molecular flexibility index (Phi) is 32.2. The third-order valence-corrected chi connectivity index (χ3v) is 24.8. The number of aromatic nitrogens is 6. The van der Waals surface area contributed by atoms with Crippen LogP contribution in [-0.2, 0) is 89.4 Å². The van der Waals surface area contributed by atoms with Crippen molar-refractivity contribution in [3.63, 3.8) is 0 Å². The van der Waals surface area contributed by atoms with Crippen LogP contribution < -0.4 is 48.2 Å². The molecular formula is C97H122N18O16S. The van der Waals surface area contributed by atoms with Crippen LogP contribution in [0.1, 0.15) is 200 Å². The molecule has 3 saturated heterocycles. The summed E-state index contributed by atoms with van der Waals surface area (Å²) in [6.45, 7) is 27.9. The van der Waals surface area contributed by atoms with Crippen molar-refractivity contribution in [3.05, 3.63) is 178 Å². The average Bonchev–Trinajstić information content (AvgIpc) is 1.42. The van der Waals surface area contributed by atoms with Gasteiger partial charge in [0, 0.05) is 67.1 Å². The Morgan fingerprint density at radius 2 is 0.848 bits per heavy atom. The Morgan fingerprint density at radius 1 is 0.470 bits per heavy atom. The van der Waals surface area contributed by atoms with Gasteiger partial charge in [0.1, 0.15) is 72.7 Å². The van der Waals surface area contributed by atoms with Crippen LogP contribution in [0.3, 0.4) is 0 Å². The minimum Gasteiger partial charge on any atom is -0.455 e. The van der Waals surface area contributed by atoms with Crippen molar-refractivity contribution in [2.45, 2.75) is 228 Å². The lowest BCUT2D eigenvalue weighted by Gasteiger charge is -2.36. The van der Waals surface area contributed by atoms with Gasteiger partial charge in [-0.2, -0.15) is 5.10 Å². The highest BCUT2D eigenvalue weighted by Crippen LogP contribution is 2.32. The molecule has 0 spiro atoms. The number of nitrogens with zero attached hydrogens (tertiary/aromatic N) is 9. The van der Waals surface area contributed by atoms with Gasteiger partial charge in [0.25, 0.3) is 17.7 Å². The number of amides is 9. The molecule has 0 radical (unpaired) electrons. The highest BCUT2D eigenvalue weighted by Gasteiger charge is 2.43. The van der Waals surface area contributed by atoms with Gasteiger partial charge in [0.2, 0.25) is 35.4 Å². The van der Waals surface area contributed by atoms with Crippen molar-refractivity contribution in [3.8, 4) is 0 Å². The van der Waals surface area contributed by atoms with Crippen LogP contribution in [0, 0.1) is 34.0 Å². The van der Waals surface area contributed by atoms with E-state index in [9.17, 15) is 57.5 Å². The SMILES string of the molecule is CC(C)[C@@H]1NC(=O)C(C)(C)/C=C/c2ccc3ccc(nc3c2)[C@@H](C)OC(=O)[C@@H]2CCCN(N2)C(=O)[C@H](Cc2cscn2)NC1=O.CC(C)[C@@H]1NC(=O)C(C)(C)/C=C/c2ccc3ccc(nc3c2)[C@@H](C)OC(=O)[C@@H]2CCCN(N2)C(=O)[C@H](Cn2cccn2)NC1=O.COC[C@@]1(C)/C=C/c2ccc3ccc(nc3c2)[C@@H](C)OC(=O)[C@@H]2CCCN(N2)C(=O)[C@H](C)NC(=O)[C@H](C(C)C)NC1=O. The zero-order valence-electron chi connectivity index (χ0n) is 77.6. The zero-order chi connectivity index (χ0) is 95.2. The molecule has 13 atom stereocenters. The number of carbonyl (C=O) groups excluding carboxylic acids is 12. The maximum absolute atomic E-state index is 13.9. The summed E-state index contributed by atoms with van der Waals surface area (Å²) in [6, 6.07) is 22.5. The summed E-state index contributed by atoms with van der Waals surface area (Å²) in [5, 5.41) is 30.1. The molecule has 132 heavy (non-hydrogen) atoms. The molecule has 0 aliphatic carbocycles. The van der Waals surface area contributed by atoms with E-state index in [4.69, 9.17) is 33.9 Å². The van der Waals surface area contributed by atoms with Crippen molar-refractivity contribution in [2.24, 2.45) is 34.0 Å². The summed E-state index contributed by atoms with van der Waals surface area (Å²) in [7, 11) is 1.51. The summed E-state index contributed by atoms with van der Waals surface area (Å²) >= 11 is 1.39. The van der Waals surface area contributed by atoms with Gasteiger partial charge in [-0.15, -0.1) is 11.3 Å². The van der Waals surface area contributed by atoms with Gasteiger partial charge in [-0.3, -0.25) is 77.2 Å². The van der Waals surface area contributed by atoms with E-state index in [0.717, 1.165) is 43.9 Å². The van der Waals surface area contributed by atoms with Crippen molar-refractivity contribution < 1.29 is 76.5 Å². The minimum absolute atomic E-state index is 0.0571. The Hall–Kier alpha value is -12.6. The van der Waals surface area contributed by atoms with Crippen LogP contribution in [0.15, 0.2) is 139 Å². The number of hydrogen-bond donors (Lipinski definition) is 9. The Balaban J connectivity index is 0.000000179. The highest BCUT2D eigenvalue weighted by atomic mass is 32.1. The first-order valence-electron chi connectivity index (χ1n) is 45.1. The van der Waals surface area contributed by atoms with Crippen LogP contribution in [-0.4, -0.2) is 204 Å². The van der Waals surface area contributed by atoms with E-state index in [-0.39, 0.29) is 55.0 Å². The molecule has 9 N–H and O–H groups in total. The van der Waals surface area contributed by atoms with E-state index in [1.807, 2.05) is 156 Å². The van der Waals surface area contributed by atoms with Gasteiger partial charge < -0.3 is 50.8 Å². The minimum atomic E-state index is -1.10. The van der Waals surface area contributed by atoms with Gasteiger partial charge in [0.15, 0.2) is 0 Å². The number of thiazole rings is 1. The highest BCUT2D eigenvalue weighted by molar-refractivity contribution is 7.07. The van der Waals surface area contributed by atoms with E-state index >= 15 is 0 Å². The van der Waals surface area contributed by atoms with Gasteiger partial charge in [-0.25, -0.2) is 36.2 Å². The number of fused-ring (bicyclic) bond motifs is 12. The Labute approximate surface area is 772 Å². The Bertz CT molecular complexity index is 5420. The first-order valence-corrected chi connectivity index (χ1v) is 46.0. The molecule has 11 heterocycles. The predicted molar refractivity (Wildman–Crippen MR) is 497 cm³/mol. The van der Waals surface area contributed by atoms with Crippen molar-refractivity contribution in [1.29, 1.82) is 0 Å². The second kappa shape index (κ2) is 43.2. The van der Waals surface area contributed by atoms with E-state index in [1.165, 1.54) is 33.5 Å². The first-order chi connectivity index (χ1) is 62.7. The lowest BCUT2D eigenvalue weighted by Crippen LogP contribution is -2.62. The van der Waals surface area contributed by atoms with Crippen LogP contribution in [0.2, 0.25) is 0 Å². The second-order valence-electron chi connectivity index (χ2n) is 36.9. The molecule has 0 unspecified atom stereocenters. The molecule has 5 aromatic heterocycles. The molecule has 0 saturated carbocycles. The summed E-state index contributed by atoms with van der Waals surface area (Å²) in [5.41, 5.74) is 14.8. The van der Waals surface area contributed by atoms with Crippen molar-refractivity contribution in [2.75, 3.05) is 33.4 Å². The summed E-state index contributed by atoms with van der Waals surface area (Å²) < 4.78 is 24.4. The van der Waals surface area contributed by atoms with Crippen LogP contribution in [0.4, 0.5) is 0 Å². The fourth-order valence-corrected chi connectivity index (χ4v) is 16.4. The van der Waals surface area contributed by atoms with Gasteiger partial charge in [0.05, 0.1) is 74.2 Å². The monoisotopic (exact) mass is 1830 g/mol. The smallest absolute Gasteiger partial charge is 0.325 e. The molecule has 14 rings (SSSR count). The molecule has 34 nitrogen and oxygen atoms in total. The molecule has 35 heteroatoms. The fourth-order valence-electron chi connectivity index (χ4n) is 15.9. The Morgan fingerprint density at radius 3 is 1.23 bits per heavy atom. The van der Waals surface area contributed by atoms with Crippen LogP contribution >= 0.6 is 11.3 Å². The number of pyridine rings is 3. The first kappa shape index (κ1) is 98.5. The second-order valence-corrected chi connectivity index (χ2v) is 37.6. The number of hydrazine groups is 3. The standard InChI is InChI=1S/C33H41N7O5.C33H40N6O5S.C31H41N5O6/c1-20(2)28-29(41)36-27(19-39-16-7-15-34-39)30(42)40-17-6-8-25(38-40)31(43)45-21(3)24-12-11-23-10-9-22(18-26(23)35-24)13-14-33(4,5)32(44)37-28;1-19(2)28-29(40)36-27(16-23-17-45-18-34-23)30(41)39-14-6-7-25(38-39)31(42)44-20(3)24-11-10-22-9-8-21(15-26(22)35-24)12-13-33(4,5)32(43)37-28;1-18(2)26-27(37)32-19(3)28(38)36-15-7-8-24(35-36)29(39)42-20(4)23-12-11-22-10-9-21(16-25(22)33-23)13-14-31(5,17-41-6)30(40)34-26/h7,9-16,18,20-21,25,27-28,38H,6,8,17,19H2,1-5H3,(H,36,41)(H,37,44);8-13,15,17-20,25,27-28,38H,6-7,14,16H2,1-5H3,(H,36,40)(H,37,43);9-14,16,18-20,24,26,35H,7-8,15,17H2,1-6H3,(H,32,37)(H,34,40)/b14-13+;13-12+;14-13+/t21-,25+,27+,28+;20-,25+,27+,28+;19-,20+,24-,26-,31+/m110/s1. The quantitative estimate of drug-likeness (QED) is 0.0480. The number of esters is 3. The maximum Gasteiger partial charge on any atom is 0.325 e. The lowest BCUT2D eigenvalue weighted by molar-refractivity contribution is -0.158. The fraction of sp³-hybridized carbons (Fsp3) is 0.474. The molecule has 702 valence electrons. The van der Waals surface area contributed by atoms with Crippen LogP contribution in [0.25, 0.3) is 50.9 Å². The molecule has 8 aromatic rings. The number of benzene rings is 3. The summed E-state index contributed by atoms with van der Waals surface area (Å²) in [4.78, 5) is 181. The number of methoxy groups -OCH3 is 1. The van der Waals surface area contributed by atoms with E-state index in [0.29, 0.717) is 86.5 Å². The number of nitrogens with one attached hydrogen (secondary N) is 9. The number of ether oxygens (including phenoxy) is 4. The summed E-state index contributed by atoms with van der Waals surface area (Å²) in [5.74, 6) is -6.00. The largest absolute Gasteiger partial charge is 0.455 e. The molecular weight excluding hydrogens is 1710 g/mol. The van der Waals surface area contributed by atoms with Gasteiger partial charge >= 0.3 is 17.9 Å². The van der Waals surface area contributed by atoms with E-state index in [1.54, 1.807) is 109 Å². The molecule has 6 aliphatic heterocycles. The van der Waals surface area contributed by atoms with E-state index in [2.05, 4.69) is 58.3 Å². The van der Waals surface area contributed by atoms with Gasteiger partial charge in [-0.1, -0.05) is 133 Å². The third kappa shape index (κ3) is 24.8. The number of cyclic esters (lactones) is 3. The van der Waals surface area contributed by atoms with Crippen LogP contribution in [0.5, 0.6) is 0 Å². The maximum atomic E-state index is 13.9. The molecule has 6 aliphatic rings. The molecule has 9 amide bonds. The molecule has 3 aromatic carbocycles. The summed E-state index contributed by atoms with van der Waals surface area (Å²) in [6.07, 6.45) is 15.6. The van der Waals surface area contributed by atoms with Crippen molar-refractivity contribution in [1.82, 2.24) is 92.9 Å². The number of carbonyl (C=O) groups is 12. The lowest BCUT2D eigenvalue weighted by atomic mass is 9.88. The number of hydrogen-bond acceptors (Lipinski definition) is 25. The van der Waals surface area contributed by atoms with E-state index < -0.39 is 142 Å². The van der Waals surface area contributed by atoms with Crippen molar-refractivity contribution >= 4 is 133 Å². The number of rotatable bonds is 9. The normalized spacial score (nSPS) is 26.6. The topological polar surface area (TPSA) is 429 Å².